The van der Waals surface area contributed by atoms with Crippen LogP contribution in [0, 0.1) is 11.6 Å². The highest BCUT2D eigenvalue weighted by Gasteiger charge is 2.27. The highest BCUT2D eigenvalue weighted by atomic mass is 32.2. The second kappa shape index (κ2) is 4.55. The van der Waals surface area contributed by atoms with Crippen molar-refractivity contribution >= 4 is 22.7 Å². The molecule has 1 unspecified atom stereocenters. The molecule has 0 radical (unpaired) electrons. The van der Waals surface area contributed by atoms with Crippen LogP contribution >= 0.6 is 11.8 Å². The average Bonchev–Trinajstić information content (AvgIpc) is 2.77. The summed E-state index contributed by atoms with van der Waals surface area (Å²) in [5.74, 6) is -0.145. The molecule has 1 fully saturated rings. The second-order valence-electron chi connectivity index (χ2n) is 4.55. The van der Waals surface area contributed by atoms with Crippen molar-refractivity contribution in [3.8, 4) is 0 Å². The zero-order valence-electron chi connectivity index (χ0n) is 9.95. The number of hydrogen-bond acceptors (Lipinski definition) is 3. The van der Waals surface area contributed by atoms with Gasteiger partial charge in [0, 0.05) is 35.0 Å². The van der Waals surface area contributed by atoms with Crippen LogP contribution in [0.4, 0.5) is 8.78 Å². The van der Waals surface area contributed by atoms with Gasteiger partial charge in [-0.2, -0.15) is 11.8 Å². The Bertz CT molecular complexity index is 584. The molecular weight excluding hydrogens is 256 g/mol. The molecule has 3 rings (SSSR count). The summed E-state index contributed by atoms with van der Waals surface area (Å²) in [4.78, 5) is 2.09. The molecular formula is C13H13F2NOS. The largest absolute Gasteiger partial charge is 0.461 e. The zero-order chi connectivity index (χ0) is 12.7. The van der Waals surface area contributed by atoms with E-state index in [1.165, 1.54) is 12.3 Å². The molecule has 0 N–H and O–H groups in total. The Morgan fingerprint density at radius 1 is 1.44 bits per heavy atom. The molecule has 0 spiro atoms. The summed E-state index contributed by atoms with van der Waals surface area (Å²) in [6.45, 7) is 1.61. The third-order valence-corrected chi connectivity index (χ3v) is 4.47. The fourth-order valence-corrected chi connectivity index (χ4v) is 3.74. The maximum Gasteiger partial charge on any atom is 0.173 e. The normalized spacial score (nSPS) is 21.6. The van der Waals surface area contributed by atoms with Crippen molar-refractivity contribution in [1.82, 2.24) is 4.90 Å². The SMILES string of the molecule is CN1CCSC(c2c(F)cc3ccoc3c2F)C1. The quantitative estimate of drug-likeness (QED) is 0.789. The molecule has 2 nitrogen and oxygen atoms in total. The molecule has 1 atom stereocenters. The molecule has 1 aliphatic heterocycles. The molecule has 0 bridgehead atoms. The first-order valence-corrected chi connectivity index (χ1v) is 6.87. The first-order chi connectivity index (χ1) is 8.66. The van der Waals surface area contributed by atoms with E-state index in [0.717, 1.165) is 12.3 Å². The van der Waals surface area contributed by atoms with Crippen molar-refractivity contribution in [3.05, 3.63) is 35.6 Å². The zero-order valence-corrected chi connectivity index (χ0v) is 10.8. The third-order valence-electron chi connectivity index (χ3n) is 3.26. The second-order valence-corrected chi connectivity index (χ2v) is 5.86. The van der Waals surface area contributed by atoms with Crippen LogP contribution in [0.15, 0.2) is 22.8 Å². The van der Waals surface area contributed by atoms with Gasteiger partial charge in [0.25, 0.3) is 0 Å². The maximum atomic E-state index is 14.3. The van der Waals surface area contributed by atoms with E-state index in [4.69, 9.17) is 4.42 Å². The van der Waals surface area contributed by atoms with E-state index in [0.29, 0.717) is 11.9 Å². The van der Waals surface area contributed by atoms with Gasteiger partial charge in [0.1, 0.15) is 5.82 Å². The highest BCUT2D eigenvalue weighted by molar-refractivity contribution is 7.99. The number of thioether (sulfide) groups is 1. The number of rotatable bonds is 1. The number of nitrogens with zero attached hydrogens (tertiary/aromatic N) is 1. The molecule has 0 saturated carbocycles. The summed E-state index contributed by atoms with van der Waals surface area (Å²) in [7, 11) is 1.97. The fourth-order valence-electron chi connectivity index (χ4n) is 2.30. The van der Waals surface area contributed by atoms with Gasteiger partial charge in [0.2, 0.25) is 0 Å². The molecule has 0 amide bonds. The average molecular weight is 269 g/mol. The van der Waals surface area contributed by atoms with Crippen LogP contribution in [0.1, 0.15) is 10.8 Å². The molecule has 1 aliphatic rings. The third kappa shape index (κ3) is 1.91. The summed E-state index contributed by atoms with van der Waals surface area (Å²) >= 11 is 1.60. The Labute approximate surface area is 108 Å². The van der Waals surface area contributed by atoms with E-state index in [2.05, 4.69) is 4.90 Å². The lowest BCUT2D eigenvalue weighted by Crippen LogP contribution is -2.31. The number of furan rings is 1. The highest BCUT2D eigenvalue weighted by Crippen LogP contribution is 2.38. The van der Waals surface area contributed by atoms with Crippen molar-refractivity contribution in [2.75, 3.05) is 25.9 Å². The Kier molecular flexibility index (Phi) is 3.03. The Hall–Kier alpha value is -1.07. The number of fused-ring (bicyclic) bond motifs is 1. The van der Waals surface area contributed by atoms with Crippen LogP contribution in [0.3, 0.4) is 0 Å². The number of halogens is 2. The minimum Gasteiger partial charge on any atom is -0.461 e. The lowest BCUT2D eigenvalue weighted by atomic mass is 10.1. The van der Waals surface area contributed by atoms with Crippen LogP contribution in [-0.4, -0.2) is 30.8 Å². The van der Waals surface area contributed by atoms with Crippen LogP contribution in [0.25, 0.3) is 11.0 Å². The lowest BCUT2D eigenvalue weighted by Gasteiger charge is -2.29. The summed E-state index contributed by atoms with van der Waals surface area (Å²) in [6, 6.07) is 2.93. The number of likely N-dealkylation sites (N-methyl/N-ethyl adjacent to an activating group) is 1. The van der Waals surface area contributed by atoms with Gasteiger partial charge in [-0.1, -0.05) is 0 Å². The van der Waals surface area contributed by atoms with Crippen molar-refractivity contribution in [2.24, 2.45) is 0 Å². The van der Waals surface area contributed by atoms with E-state index >= 15 is 0 Å². The molecule has 18 heavy (non-hydrogen) atoms. The Morgan fingerprint density at radius 2 is 2.28 bits per heavy atom. The van der Waals surface area contributed by atoms with Crippen molar-refractivity contribution in [3.63, 3.8) is 0 Å². The number of hydrogen-bond donors (Lipinski definition) is 0. The van der Waals surface area contributed by atoms with Crippen LogP contribution in [0.2, 0.25) is 0 Å². The summed E-state index contributed by atoms with van der Waals surface area (Å²) in [5.41, 5.74) is 0.300. The van der Waals surface area contributed by atoms with Gasteiger partial charge >= 0.3 is 0 Å². The summed E-state index contributed by atoms with van der Waals surface area (Å²) < 4.78 is 33.5. The Balaban J connectivity index is 2.09. The van der Waals surface area contributed by atoms with E-state index in [-0.39, 0.29) is 16.4 Å². The minimum atomic E-state index is -0.553. The van der Waals surface area contributed by atoms with Gasteiger partial charge in [0.15, 0.2) is 11.4 Å². The summed E-state index contributed by atoms with van der Waals surface area (Å²) in [5, 5.41) is 0.307. The van der Waals surface area contributed by atoms with Gasteiger partial charge in [-0.25, -0.2) is 8.78 Å². The summed E-state index contributed by atoms with van der Waals surface area (Å²) in [6.07, 6.45) is 1.39. The molecule has 2 aromatic rings. The van der Waals surface area contributed by atoms with Crippen molar-refractivity contribution < 1.29 is 13.2 Å². The van der Waals surface area contributed by atoms with Crippen LogP contribution < -0.4 is 0 Å². The van der Waals surface area contributed by atoms with E-state index in [9.17, 15) is 8.78 Å². The predicted octanol–water partition coefficient (Wildman–Crippen LogP) is 3.43. The smallest absolute Gasteiger partial charge is 0.173 e. The standard InChI is InChI=1S/C13H13F2NOS/c1-16-3-5-18-10(7-16)11-9(14)6-8-2-4-17-13(8)12(11)15/h2,4,6,10H,3,5,7H2,1H3. The van der Waals surface area contributed by atoms with Crippen LogP contribution in [0.5, 0.6) is 0 Å². The van der Waals surface area contributed by atoms with E-state index in [1.807, 2.05) is 7.05 Å². The topological polar surface area (TPSA) is 16.4 Å². The van der Waals surface area contributed by atoms with E-state index < -0.39 is 11.6 Å². The van der Waals surface area contributed by atoms with Crippen molar-refractivity contribution in [2.45, 2.75) is 5.25 Å². The molecule has 1 saturated heterocycles. The maximum absolute atomic E-state index is 14.3. The van der Waals surface area contributed by atoms with Gasteiger partial charge in [-0.3, -0.25) is 0 Å². The van der Waals surface area contributed by atoms with Gasteiger partial charge in [-0.05, 0) is 19.2 Å². The first kappa shape index (κ1) is 12.0. The fraction of sp³-hybridized carbons (Fsp3) is 0.385. The monoisotopic (exact) mass is 269 g/mol. The minimum absolute atomic E-state index is 0.147. The van der Waals surface area contributed by atoms with Crippen LogP contribution in [-0.2, 0) is 0 Å². The lowest BCUT2D eigenvalue weighted by molar-refractivity contribution is 0.342. The van der Waals surface area contributed by atoms with E-state index in [1.54, 1.807) is 17.8 Å². The molecule has 96 valence electrons. The number of benzene rings is 1. The van der Waals surface area contributed by atoms with Gasteiger partial charge in [-0.15, -0.1) is 0 Å². The molecule has 5 heteroatoms. The van der Waals surface area contributed by atoms with Gasteiger partial charge in [0.05, 0.1) is 6.26 Å². The van der Waals surface area contributed by atoms with Gasteiger partial charge < -0.3 is 9.32 Å². The van der Waals surface area contributed by atoms with Crippen molar-refractivity contribution in [1.29, 1.82) is 0 Å². The molecule has 0 aliphatic carbocycles. The predicted molar refractivity (Wildman–Crippen MR) is 68.8 cm³/mol. The first-order valence-electron chi connectivity index (χ1n) is 5.82. The molecule has 2 heterocycles. The molecule has 1 aromatic carbocycles. The Morgan fingerprint density at radius 3 is 3.06 bits per heavy atom. The molecule has 1 aromatic heterocycles.